The molecular formula is C16H17ClN8. The fraction of sp³-hybridized carbons (Fsp3) is 0.125. The Labute approximate surface area is 150 Å². The van der Waals surface area contributed by atoms with Crippen molar-refractivity contribution in [1.29, 1.82) is 0 Å². The molecule has 0 atom stereocenters. The summed E-state index contributed by atoms with van der Waals surface area (Å²) < 4.78 is 1.85. The molecule has 4 rings (SSSR count). The van der Waals surface area contributed by atoms with Crippen molar-refractivity contribution in [2.24, 2.45) is 10.1 Å². The number of imidazole rings is 1. The van der Waals surface area contributed by atoms with E-state index in [9.17, 15) is 0 Å². The molecule has 3 heterocycles. The maximum atomic E-state index is 5.77. The number of nitrogen functional groups attached to an aromatic ring is 1. The lowest BCUT2D eigenvalue weighted by molar-refractivity contribution is 0.919. The monoisotopic (exact) mass is 356 g/mol. The number of anilines is 1. The van der Waals surface area contributed by atoms with Gasteiger partial charge in [-0.05, 0) is 6.07 Å². The van der Waals surface area contributed by atoms with E-state index in [1.54, 1.807) is 12.3 Å². The molecule has 0 spiro atoms. The van der Waals surface area contributed by atoms with Crippen LogP contribution >= 0.6 is 12.4 Å². The number of benzene rings is 1. The lowest BCUT2D eigenvalue weighted by Gasteiger charge is -2.02. The van der Waals surface area contributed by atoms with Gasteiger partial charge in [0.05, 0.1) is 18.5 Å². The van der Waals surface area contributed by atoms with Crippen LogP contribution in [0.2, 0.25) is 0 Å². The van der Waals surface area contributed by atoms with Gasteiger partial charge in [0.25, 0.3) is 0 Å². The van der Waals surface area contributed by atoms with Crippen molar-refractivity contribution < 1.29 is 0 Å². The molecule has 0 saturated heterocycles. The number of guanidine groups is 1. The summed E-state index contributed by atoms with van der Waals surface area (Å²) in [5.41, 5.74) is 11.3. The molecule has 0 fully saturated rings. The third kappa shape index (κ3) is 3.38. The van der Waals surface area contributed by atoms with Crippen LogP contribution in [0.25, 0.3) is 17.0 Å². The van der Waals surface area contributed by atoms with Crippen molar-refractivity contribution in [2.45, 2.75) is 0 Å². The van der Waals surface area contributed by atoms with Gasteiger partial charge < -0.3 is 11.1 Å². The van der Waals surface area contributed by atoms with Crippen LogP contribution in [-0.4, -0.2) is 39.6 Å². The summed E-state index contributed by atoms with van der Waals surface area (Å²) in [5.74, 6) is 1.63. The Hall–Kier alpha value is -3.13. The molecule has 9 heteroatoms. The molecule has 0 unspecified atom stereocenters. The second kappa shape index (κ2) is 7.18. The zero-order chi connectivity index (χ0) is 16.4. The topological polar surface area (TPSA) is 105 Å². The number of halogens is 1. The van der Waals surface area contributed by atoms with Crippen LogP contribution in [0.4, 0.5) is 5.82 Å². The second-order valence-electron chi connectivity index (χ2n) is 5.26. The van der Waals surface area contributed by atoms with Crippen LogP contribution in [0.3, 0.4) is 0 Å². The van der Waals surface area contributed by atoms with Crippen LogP contribution in [-0.2, 0) is 0 Å². The van der Waals surface area contributed by atoms with Gasteiger partial charge in [-0.3, -0.25) is 4.40 Å². The van der Waals surface area contributed by atoms with E-state index >= 15 is 0 Å². The number of rotatable bonds is 3. The van der Waals surface area contributed by atoms with Crippen molar-refractivity contribution >= 4 is 36.2 Å². The molecule has 0 amide bonds. The van der Waals surface area contributed by atoms with Crippen molar-refractivity contribution in [3.05, 3.63) is 48.3 Å². The summed E-state index contributed by atoms with van der Waals surface area (Å²) in [6.07, 6.45) is 3.55. The number of hydrazone groups is 1. The molecule has 0 radical (unpaired) electrons. The Morgan fingerprint density at radius 2 is 2.04 bits per heavy atom. The van der Waals surface area contributed by atoms with Crippen molar-refractivity contribution in [3.8, 4) is 11.3 Å². The molecule has 2 aromatic heterocycles. The van der Waals surface area contributed by atoms with Gasteiger partial charge in [0.1, 0.15) is 11.5 Å². The fourth-order valence-electron chi connectivity index (χ4n) is 2.52. The number of aliphatic imine (C=N–C) groups is 1. The Morgan fingerprint density at radius 3 is 2.80 bits per heavy atom. The molecule has 3 aromatic rings. The average molecular weight is 357 g/mol. The summed E-state index contributed by atoms with van der Waals surface area (Å²) in [6, 6.07) is 11.6. The highest BCUT2D eigenvalue weighted by Gasteiger charge is 2.13. The maximum Gasteiger partial charge on any atom is 0.236 e. The summed E-state index contributed by atoms with van der Waals surface area (Å²) in [7, 11) is 0. The first-order valence-corrected chi connectivity index (χ1v) is 7.59. The predicted octanol–water partition coefficient (Wildman–Crippen LogP) is 1.28. The van der Waals surface area contributed by atoms with Gasteiger partial charge in [0, 0.05) is 18.3 Å². The Morgan fingerprint density at radius 1 is 1.20 bits per heavy atom. The third-order valence-electron chi connectivity index (χ3n) is 3.63. The Bertz CT molecular complexity index is 932. The molecule has 128 valence electrons. The number of hydrogen-bond donors (Lipinski definition) is 3. The number of nitrogens with one attached hydrogen (secondary N) is 2. The lowest BCUT2D eigenvalue weighted by Crippen LogP contribution is -2.30. The number of nitrogens with two attached hydrogens (primary N) is 1. The number of hydrogen-bond acceptors (Lipinski definition) is 7. The van der Waals surface area contributed by atoms with Gasteiger partial charge >= 0.3 is 0 Å². The second-order valence-corrected chi connectivity index (χ2v) is 5.26. The minimum absolute atomic E-state index is 0. The highest BCUT2D eigenvalue weighted by molar-refractivity contribution is 5.90. The lowest BCUT2D eigenvalue weighted by atomic mass is 10.1. The molecule has 4 N–H and O–H groups in total. The molecule has 1 aliphatic rings. The summed E-state index contributed by atoms with van der Waals surface area (Å²) in [6.45, 7) is 1.58. The minimum atomic E-state index is 0. The van der Waals surface area contributed by atoms with E-state index in [0.717, 1.165) is 30.0 Å². The first-order chi connectivity index (χ1) is 11.8. The number of nitrogens with zero attached hydrogens (tertiary/aromatic N) is 5. The fourth-order valence-corrected chi connectivity index (χ4v) is 2.52. The van der Waals surface area contributed by atoms with E-state index in [1.807, 2.05) is 40.9 Å². The number of fused-ring (bicyclic) bond motifs is 1. The first kappa shape index (κ1) is 16.7. The van der Waals surface area contributed by atoms with Gasteiger partial charge in [0.15, 0.2) is 0 Å². The van der Waals surface area contributed by atoms with E-state index < -0.39 is 0 Å². The van der Waals surface area contributed by atoms with E-state index in [4.69, 9.17) is 5.73 Å². The van der Waals surface area contributed by atoms with Crippen LogP contribution in [0, 0.1) is 0 Å². The molecule has 8 nitrogen and oxygen atoms in total. The number of aromatic nitrogens is 3. The van der Waals surface area contributed by atoms with E-state index in [1.165, 1.54) is 0 Å². The van der Waals surface area contributed by atoms with Crippen LogP contribution < -0.4 is 16.5 Å². The summed E-state index contributed by atoms with van der Waals surface area (Å²) in [5, 5.41) is 7.37. The van der Waals surface area contributed by atoms with E-state index in [2.05, 4.69) is 30.8 Å². The molecule has 1 aromatic carbocycles. The molecule has 0 aliphatic carbocycles. The Balaban J connectivity index is 0.00000182. The highest BCUT2D eigenvalue weighted by Crippen LogP contribution is 2.22. The third-order valence-corrected chi connectivity index (χ3v) is 3.63. The molecule has 25 heavy (non-hydrogen) atoms. The Kier molecular flexibility index (Phi) is 4.80. The standard InChI is InChI=1S/C16H16N8.ClH/c17-13-6-9-24-12(10-20-23-15-18-7-8-19-15)14(22-16(24)21-13)11-4-2-1-3-5-11;/h1-6,9-10H,7-8H2,(H2,17,21,22)(H2,18,19,23);1H/b20-10+;. The smallest absolute Gasteiger partial charge is 0.236 e. The van der Waals surface area contributed by atoms with Crippen LogP contribution in [0.5, 0.6) is 0 Å². The van der Waals surface area contributed by atoms with Gasteiger partial charge in [-0.25, -0.2) is 15.4 Å². The SMILES string of the molecule is Cl.Nc1ccn2c(/C=N/NC3=NCCN3)c(-c3ccccc3)nc2n1. The molecular weight excluding hydrogens is 340 g/mol. The van der Waals surface area contributed by atoms with Crippen molar-refractivity contribution in [3.63, 3.8) is 0 Å². The zero-order valence-electron chi connectivity index (χ0n) is 13.3. The minimum Gasteiger partial charge on any atom is -0.384 e. The van der Waals surface area contributed by atoms with E-state index in [-0.39, 0.29) is 12.4 Å². The maximum absolute atomic E-state index is 5.77. The van der Waals surface area contributed by atoms with Crippen molar-refractivity contribution in [1.82, 2.24) is 25.1 Å². The summed E-state index contributed by atoms with van der Waals surface area (Å²) in [4.78, 5) is 13.1. The predicted molar refractivity (Wildman–Crippen MR) is 101 cm³/mol. The van der Waals surface area contributed by atoms with Gasteiger partial charge in [-0.15, -0.1) is 12.4 Å². The zero-order valence-corrected chi connectivity index (χ0v) is 14.1. The normalized spacial score (nSPS) is 13.5. The molecule has 0 bridgehead atoms. The molecule has 1 aliphatic heterocycles. The molecule has 0 saturated carbocycles. The van der Waals surface area contributed by atoms with E-state index in [0.29, 0.717) is 17.6 Å². The summed E-state index contributed by atoms with van der Waals surface area (Å²) >= 11 is 0. The highest BCUT2D eigenvalue weighted by atomic mass is 35.5. The van der Waals surface area contributed by atoms with Crippen LogP contribution in [0.15, 0.2) is 52.7 Å². The van der Waals surface area contributed by atoms with Crippen molar-refractivity contribution in [2.75, 3.05) is 18.8 Å². The largest absolute Gasteiger partial charge is 0.384 e. The quantitative estimate of drug-likeness (QED) is 0.484. The van der Waals surface area contributed by atoms with Gasteiger partial charge in [0.2, 0.25) is 11.7 Å². The van der Waals surface area contributed by atoms with Gasteiger partial charge in [-0.1, -0.05) is 30.3 Å². The first-order valence-electron chi connectivity index (χ1n) is 7.59. The average Bonchev–Trinajstić information content (AvgIpc) is 3.23. The van der Waals surface area contributed by atoms with Gasteiger partial charge in [-0.2, -0.15) is 10.1 Å². The van der Waals surface area contributed by atoms with Crippen LogP contribution in [0.1, 0.15) is 5.69 Å².